The highest BCUT2D eigenvalue weighted by Gasteiger charge is 2.29. The van der Waals surface area contributed by atoms with Gasteiger partial charge < -0.3 is 9.88 Å². The standard InChI is InChI=1S/C22H19F3N2O2/c1-15-4-2-5-17(12-15)14-27-11-3-6-19(21(27)29)20(28)26-13-16-7-9-18(10-8-16)22(23,24)25/h2-12H,13-14H2,1H3,(H,26,28). The number of halogens is 3. The highest BCUT2D eigenvalue weighted by molar-refractivity contribution is 5.93. The number of benzene rings is 2. The van der Waals surface area contributed by atoms with Crippen molar-refractivity contribution in [3.63, 3.8) is 0 Å². The number of pyridine rings is 1. The zero-order valence-electron chi connectivity index (χ0n) is 15.7. The van der Waals surface area contributed by atoms with Gasteiger partial charge >= 0.3 is 6.18 Å². The molecule has 7 heteroatoms. The lowest BCUT2D eigenvalue weighted by Crippen LogP contribution is -2.32. The van der Waals surface area contributed by atoms with Crippen LogP contribution in [0, 0.1) is 6.92 Å². The van der Waals surface area contributed by atoms with Crippen LogP contribution in [-0.2, 0) is 19.3 Å². The van der Waals surface area contributed by atoms with Crippen LogP contribution in [0.15, 0.2) is 71.7 Å². The summed E-state index contributed by atoms with van der Waals surface area (Å²) in [6, 6.07) is 15.3. The summed E-state index contributed by atoms with van der Waals surface area (Å²) in [7, 11) is 0. The second kappa shape index (κ2) is 8.34. The molecule has 1 amide bonds. The molecular formula is C22H19F3N2O2. The number of nitrogens with zero attached hydrogens (tertiary/aromatic N) is 1. The van der Waals surface area contributed by atoms with Gasteiger partial charge in [-0.25, -0.2) is 0 Å². The number of hydrogen-bond donors (Lipinski definition) is 1. The van der Waals surface area contributed by atoms with E-state index in [1.165, 1.54) is 22.8 Å². The van der Waals surface area contributed by atoms with Crippen LogP contribution in [0.4, 0.5) is 13.2 Å². The van der Waals surface area contributed by atoms with Crippen LogP contribution in [0.2, 0.25) is 0 Å². The van der Waals surface area contributed by atoms with Gasteiger partial charge in [0, 0.05) is 12.7 Å². The molecule has 1 aromatic heterocycles. The number of rotatable bonds is 5. The summed E-state index contributed by atoms with van der Waals surface area (Å²) in [6.45, 7) is 2.31. The van der Waals surface area contributed by atoms with Crippen LogP contribution in [0.3, 0.4) is 0 Å². The van der Waals surface area contributed by atoms with Crippen molar-refractivity contribution in [2.45, 2.75) is 26.2 Å². The van der Waals surface area contributed by atoms with E-state index >= 15 is 0 Å². The van der Waals surface area contributed by atoms with E-state index in [0.717, 1.165) is 23.3 Å². The van der Waals surface area contributed by atoms with E-state index in [1.807, 2.05) is 31.2 Å². The van der Waals surface area contributed by atoms with Gasteiger partial charge in [0.05, 0.1) is 12.1 Å². The Kier molecular flexibility index (Phi) is 5.87. The summed E-state index contributed by atoms with van der Waals surface area (Å²) < 4.78 is 39.3. The largest absolute Gasteiger partial charge is 0.416 e. The Morgan fingerprint density at radius 3 is 2.38 bits per heavy atom. The van der Waals surface area contributed by atoms with Gasteiger partial charge in [-0.3, -0.25) is 9.59 Å². The summed E-state index contributed by atoms with van der Waals surface area (Å²) in [6.07, 6.45) is -2.80. The minimum atomic E-state index is -4.41. The SMILES string of the molecule is Cc1cccc(Cn2cccc(C(=O)NCc3ccc(C(F)(F)F)cc3)c2=O)c1. The number of amides is 1. The topological polar surface area (TPSA) is 51.1 Å². The van der Waals surface area contributed by atoms with Gasteiger partial charge in [-0.1, -0.05) is 42.0 Å². The predicted octanol–water partition coefficient (Wildman–Crippen LogP) is 4.15. The average molecular weight is 400 g/mol. The molecule has 2 aromatic carbocycles. The monoisotopic (exact) mass is 400 g/mol. The van der Waals surface area contributed by atoms with E-state index in [-0.39, 0.29) is 12.1 Å². The molecule has 150 valence electrons. The summed E-state index contributed by atoms with van der Waals surface area (Å²) in [5.41, 5.74) is 1.30. The van der Waals surface area contributed by atoms with Gasteiger partial charge in [0.2, 0.25) is 0 Å². The highest BCUT2D eigenvalue weighted by atomic mass is 19.4. The first kappa shape index (κ1) is 20.4. The number of aryl methyl sites for hydroxylation is 1. The minimum Gasteiger partial charge on any atom is -0.348 e. The van der Waals surface area contributed by atoms with Crippen molar-refractivity contribution in [3.05, 3.63) is 105 Å². The Morgan fingerprint density at radius 2 is 1.72 bits per heavy atom. The third-order valence-electron chi connectivity index (χ3n) is 4.43. The lowest BCUT2D eigenvalue weighted by atomic mass is 10.1. The maximum Gasteiger partial charge on any atom is 0.416 e. The Hall–Kier alpha value is -3.35. The Morgan fingerprint density at radius 1 is 1.00 bits per heavy atom. The molecule has 0 unspecified atom stereocenters. The molecule has 29 heavy (non-hydrogen) atoms. The Bertz CT molecular complexity index is 1070. The van der Waals surface area contributed by atoms with E-state index in [0.29, 0.717) is 12.1 Å². The number of carbonyl (C=O) groups is 1. The van der Waals surface area contributed by atoms with Crippen molar-refractivity contribution in [3.8, 4) is 0 Å². The predicted molar refractivity (Wildman–Crippen MR) is 104 cm³/mol. The van der Waals surface area contributed by atoms with Crippen LogP contribution in [-0.4, -0.2) is 10.5 Å². The zero-order chi connectivity index (χ0) is 21.0. The van der Waals surface area contributed by atoms with Crippen molar-refractivity contribution in [2.75, 3.05) is 0 Å². The molecule has 0 saturated carbocycles. The lowest BCUT2D eigenvalue weighted by molar-refractivity contribution is -0.137. The fourth-order valence-corrected chi connectivity index (χ4v) is 2.93. The van der Waals surface area contributed by atoms with Gasteiger partial charge in [0.15, 0.2) is 0 Å². The third kappa shape index (κ3) is 5.13. The number of hydrogen-bond acceptors (Lipinski definition) is 2. The molecule has 3 aromatic rings. The van der Waals surface area contributed by atoms with Crippen molar-refractivity contribution in [2.24, 2.45) is 0 Å². The van der Waals surface area contributed by atoms with Gasteiger partial charge in [-0.05, 0) is 42.3 Å². The summed E-state index contributed by atoms with van der Waals surface area (Å²) in [5.74, 6) is -0.575. The summed E-state index contributed by atoms with van der Waals surface area (Å²) >= 11 is 0. The van der Waals surface area contributed by atoms with Crippen LogP contribution < -0.4 is 10.9 Å². The Labute approximate surface area is 165 Å². The van der Waals surface area contributed by atoms with Gasteiger partial charge in [0.25, 0.3) is 11.5 Å². The number of alkyl halides is 3. The number of carbonyl (C=O) groups excluding carboxylic acids is 1. The molecular weight excluding hydrogens is 381 g/mol. The van der Waals surface area contributed by atoms with E-state index in [9.17, 15) is 22.8 Å². The number of aromatic nitrogens is 1. The molecule has 0 fully saturated rings. The maximum atomic E-state index is 12.6. The molecule has 0 aliphatic heterocycles. The van der Waals surface area contributed by atoms with E-state index in [4.69, 9.17) is 0 Å². The minimum absolute atomic E-state index is 0.0170. The maximum absolute atomic E-state index is 12.6. The fourth-order valence-electron chi connectivity index (χ4n) is 2.93. The first-order valence-corrected chi connectivity index (χ1v) is 8.93. The van der Waals surface area contributed by atoms with Gasteiger partial charge in [-0.15, -0.1) is 0 Å². The summed E-state index contributed by atoms with van der Waals surface area (Å²) in [5, 5.41) is 2.58. The van der Waals surface area contributed by atoms with E-state index < -0.39 is 23.2 Å². The van der Waals surface area contributed by atoms with E-state index in [1.54, 1.807) is 12.3 Å². The molecule has 1 heterocycles. The van der Waals surface area contributed by atoms with Crippen LogP contribution in [0.1, 0.15) is 32.6 Å². The van der Waals surface area contributed by atoms with Crippen LogP contribution >= 0.6 is 0 Å². The molecule has 0 radical (unpaired) electrons. The smallest absolute Gasteiger partial charge is 0.348 e. The van der Waals surface area contributed by atoms with E-state index in [2.05, 4.69) is 5.32 Å². The Balaban J connectivity index is 1.70. The van der Waals surface area contributed by atoms with Gasteiger partial charge in [0.1, 0.15) is 5.56 Å². The van der Waals surface area contributed by atoms with Crippen molar-refractivity contribution >= 4 is 5.91 Å². The molecule has 0 spiro atoms. The van der Waals surface area contributed by atoms with Gasteiger partial charge in [-0.2, -0.15) is 13.2 Å². The van der Waals surface area contributed by atoms with Crippen LogP contribution in [0.25, 0.3) is 0 Å². The first-order chi connectivity index (χ1) is 13.7. The molecule has 0 aliphatic carbocycles. The quantitative estimate of drug-likeness (QED) is 0.700. The molecule has 3 rings (SSSR count). The molecule has 0 atom stereocenters. The van der Waals surface area contributed by atoms with Crippen molar-refractivity contribution < 1.29 is 18.0 Å². The van der Waals surface area contributed by atoms with Crippen molar-refractivity contribution in [1.82, 2.24) is 9.88 Å². The summed E-state index contributed by atoms with van der Waals surface area (Å²) in [4.78, 5) is 25.1. The highest BCUT2D eigenvalue weighted by Crippen LogP contribution is 2.29. The zero-order valence-corrected chi connectivity index (χ0v) is 15.7. The second-order valence-corrected chi connectivity index (χ2v) is 6.72. The van der Waals surface area contributed by atoms with Crippen molar-refractivity contribution in [1.29, 1.82) is 0 Å². The lowest BCUT2D eigenvalue weighted by Gasteiger charge is -2.10. The number of nitrogens with one attached hydrogen (secondary N) is 1. The second-order valence-electron chi connectivity index (χ2n) is 6.72. The molecule has 1 N–H and O–H groups in total. The molecule has 0 saturated heterocycles. The normalized spacial score (nSPS) is 11.3. The fraction of sp³-hybridized carbons (Fsp3) is 0.182. The van der Waals surface area contributed by atoms with Crippen LogP contribution in [0.5, 0.6) is 0 Å². The molecule has 0 bridgehead atoms. The average Bonchev–Trinajstić information content (AvgIpc) is 2.67. The third-order valence-corrected chi connectivity index (χ3v) is 4.43. The molecule has 4 nitrogen and oxygen atoms in total. The first-order valence-electron chi connectivity index (χ1n) is 8.93. The molecule has 0 aliphatic rings.